The van der Waals surface area contributed by atoms with Gasteiger partial charge in [-0.25, -0.2) is 4.79 Å². The topological polar surface area (TPSA) is 65.7 Å². The van der Waals surface area contributed by atoms with E-state index in [1.165, 1.54) is 0 Å². The first kappa shape index (κ1) is 18.4. The molecule has 26 heavy (non-hydrogen) atoms. The number of furan rings is 1. The van der Waals surface area contributed by atoms with Gasteiger partial charge in [-0.2, -0.15) is 0 Å². The minimum atomic E-state index is -0.679. The van der Waals surface area contributed by atoms with E-state index in [9.17, 15) is 9.59 Å². The van der Waals surface area contributed by atoms with E-state index in [4.69, 9.17) is 13.9 Å². The van der Waals surface area contributed by atoms with Crippen molar-refractivity contribution in [3.05, 3.63) is 69.9 Å². The number of fused-ring (bicyclic) bond motifs is 1. The quantitative estimate of drug-likeness (QED) is 0.409. The third-order valence-corrected chi connectivity index (χ3v) is 4.36. The molecule has 0 aliphatic carbocycles. The molecule has 2 aromatic carbocycles. The Balaban J connectivity index is 1.76. The molecule has 0 saturated heterocycles. The first-order chi connectivity index (χ1) is 12.6. The Bertz CT molecular complexity index is 927. The van der Waals surface area contributed by atoms with Gasteiger partial charge in [0, 0.05) is 27.6 Å². The van der Waals surface area contributed by atoms with Gasteiger partial charge in [-0.3, -0.25) is 4.79 Å². The highest BCUT2D eigenvalue weighted by atomic mass is 79.9. The highest BCUT2D eigenvalue weighted by Crippen LogP contribution is 2.27. The molecule has 0 saturated carbocycles. The van der Waals surface area contributed by atoms with E-state index in [-0.39, 0.29) is 24.8 Å². The second kappa shape index (κ2) is 8.29. The SMILES string of the molecule is CCOCc1c(C(=O)OCC(=O)c2ccc(Br)cc2)oc2ccccc12. The van der Waals surface area contributed by atoms with Crippen LogP contribution in [0.2, 0.25) is 0 Å². The lowest BCUT2D eigenvalue weighted by Crippen LogP contribution is -2.15. The maximum Gasteiger partial charge on any atom is 0.375 e. The van der Waals surface area contributed by atoms with Gasteiger partial charge in [0.15, 0.2) is 12.4 Å². The summed E-state index contributed by atoms with van der Waals surface area (Å²) in [4.78, 5) is 24.6. The summed E-state index contributed by atoms with van der Waals surface area (Å²) in [6, 6.07) is 14.2. The fourth-order valence-corrected chi connectivity index (χ4v) is 2.79. The molecule has 134 valence electrons. The van der Waals surface area contributed by atoms with Gasteiger partial charge in [0.05, 0.1) is 6.61 Å². The van der Waals surface area contributed by atoms with Gasteiger partial charge in [-0.15, -0.1) is 0 Å². The number of rotatable bonds is 7. The molecule has 5 nitrogen and oxygen atoms in total. The van der Waals surface area contributed by atoms with Crippen molar-refractivity contribution in [3.8, 4) is 0 Å². The van der Waals surface area contributed by atoms with Crippen molar-refractivity contribution in [1.82, 2.24) is 0 Å². The van der Waals surface area contributed by atoms with Crippen LogP contribution in [0.25, 0.3) is 11.0 Å². The van der Waals surface area contributed by atoms with Crippen LogP contribution in [-0.2, 0) is 16.1 Å². The van der Waals surface area contributed by atoms with Gasteiger partial charge in [0.25, 0.3) is 0 Å². The molecule has 1 heterocycles. The van der Waals surface area contributed by atoms with Crippen LogP contribution >= 0.6 is 15.9 Å². The summed E-state index contributed by atoms with van der Waals surface area (Å²) >= 11 is 3.31. The van der Waals surface area contributed by atoms with E-state index in [2.05, 4.69) is 15.9 Å². The van der Waals surface area contributed by atoms with Crippen molar-refractivity contribution < 1.29 is 23.5 Å². The van der Waals surface area contributed by atoms with Gasteiger partial charge in [-0.05, 0) is 25.1 Å². The number of Topliss-reactive ketones (excluding diaryl/α,β-unsaturated/α-hetero) is 1. The Morgan fingerprint density at radius 3 is 2.54 bits per heavy atom. The molecule has 6 heteroatoms. The van der Waals surface area contributed by atoms with E-state index in [0.29, 0.717) is 23.3 Å². The number of carbonyl (C=O) groups excluding carboxylic acids is 2. The summed E-state index contributed by atoms with van der Waals surface area (Å²) in [6.07, 6.45) is 0. The summed E-state index contributed by atoms with van der Waals surface area (Å²) in [5.41, 5.74) is 1.68. The normalized spacial score (nSPS) is 10.8. The lowest BCUT2D eigenvalue weighted by molar-refractivity contribution is 0.0439. The van der Waals surface area contributed by atoms with Gasteiger partial charge < -0.3 is 13.9 Å². The number of ketones is 1. The van der Waals surface area contributed by atoms with Crippen LogP contribution in [0.3, 0.4) is 0 Å². The van der Waals surface area contributed by atoms with E-state index in [1.54, 1.807) is 30.3 Å². The maximum absolute atomic E-state index is 12.5. The van der Waals surface area contributed by atoms with Crippen LogP contribution in [0.4, 0.5) is 0 Å². The Kier molecular flexibility index (Phi) is 5.85. The average molecular weight is 417 g/mol. The molecule has 3 aromatic rings. The molecule has 0 fully saturated rings. The lowest BCUT2D eigenvalue weighted by atomic mass is 10.1. The average Bonchev–Trinajstić information content (AvgIpc) is 3.03. The highest BCUT2D eigenvalue weighted by Gasteiger charge is 2.22. The van der Waals surface area contributed by atoms with Crippen molar-refractivity contribution >= 4 is 38.7 Å². The number of halogens is 1. The smallest absolute Gasteiger partial charge is 0.375 e. The summed E-state index contributed by atoms with van der Waals surface area (Å²) in [5, 5.41) is 0.798. The predicted molar refractivity (Wildman–Crippen MR) is 100 cm³/mol. The van der Waals surface area contributed by atoms with Crippen molar-refractivity contribution in [3.63, 3.8) is 0 Å². The molecule has 0 amide bonds. The highest BCUT2D eigenvalue weighted by molar-refractivity contribution is 9.10. The number of ether oxygens (including phenoxy) is 2. The zero-order valence-corrected chi connectivity index (χ0v) is 15.7. The Morgan fingerprint density at radius 2 is 1.81 bits per heavy atom. The zero-order chi connectivity index (χ0) is 18.5. The second-order valence-electron chi connectivity index (χ2n) is 5.55. The number of hydrogen-bond acceptors (Lipinski definition) is 5. The summed E-state index contributed by atoms with van der Waals surface area (Å²) in [5.74, 6) is -0.891. The second-order valence-corrected chi connectivity index (χ2v) is 6.46. The first-order valence-corrected chi connectivity index (χ1v) is 8.93. The number of esters is 1. The van der Waals surface area contributed by atoms with Crippen molar-refractivity contribution in [2.45, 2.75) is 13.5 Å². The van der Waals surface area contributed by atoms with E-state index < -0.39 is 5.97 Å². The molecule has 0 atom stereocenters. The van der Waals surface area contributed by atoms with Crippen LogP contribution in [0.5, 0.6) is 0 Å². The lowest BCUT2D eigenvalue weighted by Gasteiger charge is -2.05. The Morgan fingerprint density at radius 1 is 1.08 bits per heavy atom. The van der Waals surface area contributed by atoms with Crippen LogP contribution in [0.1, 0.15) is 33.4 Å². The molecule has 0 aliphatic rings. The molecular formula is C20H17BrO5. The Labute approximate surface area is 159 Å². The molecule has 3 rings (SSSR count). The van der Waals surface area contributed by atoms with E-state index in [1.807, 2.05) is 25.1 Å². The largest absolute Gasteiger partial charge is 0.451 e. The fraction of sp³-hybridized carbons (Fsp3) is 0.200. The molecule has 0 aliphatic heterocycles. The predicted octanol–water partition coefficient (Wildman–Crippen LogP) is 4.77. The molecule has 0 spiro atoms. The van der Waals surface area contributed by atoms with Gasteiger partial charge in [0.2, 0.25) is 5.76 Å². The van der Waals surface area contributed by atoms with E-state index >= 15 is 0 Å². The van der Waals surface area contributed by atoms with Crippen LogP contribution in [-0.4, -0.2) is 25.0 Å². The number of hydrogen-bond donors (Lipinski definition) is 0. The first-order valence-electron chi connectivity index (χ1n) is 8.14. The van der Waals surface area contributed by atoms with Crippen LogP contribution in [0, 0.1) is 0 Å². The molecular weight excluding hydrogens is 400 g/mol. The summed E-state index contributed by atoms with van der Waals surface area (Å²) in [7, 11) is 0. The van der Waals surface area contributed by atoms with Gasteiger partial charge >= 0.3 is 5.97 Å². The van der Waals surface area contributed by atoms with E-state index in [0.717, 1.165) is 9.86 Å². The molecule has 0 radical (unpaired) electrons. The van der Waals surface area contributed by atoms with Gasteiger partial charge in [0.1, 0.15) is 5.58 Å². The molecule has 0 N–H and O–H groups in total. The standard InChI is InChI=1S/C20H17BrO5/c1-2-24-11-16-15-5-3-4-6-18(15)26-19(16)20(23)25-12-17(22)13-7-9-14(21)10-8-13/h3-10H,2,11-12H2,1H3. The minimum Gasteiger partial charge on any atom is -0.451 e. The monoisotopic (exact) mass is 416 g/mol. The summed E-state index contributed by atoms with van der Waals surface area (Å²) in [6.45, 7) is 2.26. The maximum atomic E-state index is 12.5. The minimum absolute atomic E-state index is 0.0725. The molecule has 0 unspecified atom stereocenters. The van der Waals surface area contributed by atoms with Crippen molar-refractivity contribution in [2.75, 3.05) is 13.2 Å². The number of benzene rings is 2. The van der Waals surface area contributed by atoms with Crippen molar-refractivity contribution in [2.24, 2.45) is 0 Å². The summed E-state index contributed by atoms with van der Waals surface area (Å²) < 4.78 is 17.1. The van der Waals surface area contributed by atoms with Gasteiger partial charge in [-0.1, -0.05) is 46.3 Å². The fourth-order valence-electron chi connectivity index (χ4n) is 2.53. The third kappa shape index (κ3) is 4.03. The molecule has 0 bridgehead atoms. The zero-order valence-electron chi connectivity index (χ0n) is 14.2. The number of para-hydroxylation sites is 1. The third-order valence-electron chi connectivity index (χ3n) is 3.83. The molecule has 1 aromatic heterocycles. The number of carbonyl (C=O) groups is 2. The Hall–Kier alpha value is -2.44. The van der Waals surface area contributed by atoms with Crippen molar-refractivity contribution in [1.29, 1.82) is 0 Å². The van der Waals surface area contributed by atoms with Crippen LogP contribution < -0.4 is 0 Å². The van der Waals surface area contributed by atoms with Crippen LogP contribution in [0.15, 0.2) is 57.4 Å².